The molecule has 0 N–H and O–H groups in total. The molecule has 0 amide bonds. The van der Waals surface area contributed by atoms with Crippen LogP contribution in [0.2, 0.25) is 0 Å². The normalized spacial score (nSPS) is 21.9. The van der Waals surface area contributed by atoms with Crippen molar-refractivity contribution in [1.29, 1.82) is 0 Å². The molecule has 1 fully saturated rings. The molecular formula is C11H15F2Zr. The van der Waals surface area contributed by atoms with Crippen molar-refractivity contribution in [3.05, 3.63) is 21.0 Å². The predicted molar refractivity (Wildman–Crippen MR) is 47.4 cm³/mol. The molecular weight excluding hydrogens is 261 g/mol. The van der Waals surface area contributed by atoms with Gasteiger partial charge in [0.25, 0.3) is 0 Å². The van der Waals surface area contributed by atoms with Crippen molar-refractivity contribution in [3.8, 4) is 0 Å². The van der Waals surface area contributed by atoms with Gasteiger partial charge in [-0.05, 0) is 0 Å². The van der Waals surface area contributed by atoms with Gasteiger partial charge in [0, 0.05) is 0 Å². The van der Waals surface area contributed by atoms with Gasteiger partial charge in [-0.15, -0.1) is 0 Å². The Morgan fingerprint density at radius 3 is 2.21 bits per heavy atom. The summed E-state index contributed by atoms with van der Waals surface area (Å²) in [5.74, 6) is 0.937. The first-order valence-electron chi connectivity index (χ1n) is 4.99. The molecule has 0 unspecified atom stereocenters. The van der Waals surface area contributed by atoms with Gasteiger partial charge < -0.3 is 9.41 Å². The maximum absolute atomic E-state index is 2.39. The van der Waals surface area contributed by atoms with E-state index in [2.05, 4.69) is 12.2 Å². The van der Waals surface area contributed by atoms with Gasteiger partial charge in [-0.25, -0.2) is 0 Å². The number of hydrogen-bond acceptors (Lipinski definition) is 0. The van der Waals surface area contributed by atoms with Crippen LogP contribution in [0.4, 0.5) is 0 Å². The Morgan fingerprint density at radius 1 is 1.07 bits per heavy atom. The van der Waals surface area contributed by atoms with Crippen molar-refractivity contribution in [2.24, 2.45) is 5.92 Å². The molecule has 0 saturated heterocycles. The molecule has 0 heterocycles. The van der Waals surface area contributed by atoms with Gasteiger partial charge in [-0.2, -0.15) is 0 Å². The van der Waals surface area contributed by atoms with Gasteiger partial charge in [-0.1, -0.05) is 0 Å². The zero-order valence-corrected chi connectivity index (χ0v) is 10.7. The van der Waals surface area contributed by atoms with E-state index in [0.29, 0.717) is 0 Å². The zero-order chi connectivity index (χ0) is 8.39. The SMILES string of the molecule is [F-].[F-].[Zr+2][C]1=C(C2CCCCC2)C=CC1. The third-order valence-corrected chi connectivity index (χ3v) is 4.22. The molecule has 0 spiro atoms. The van der Waals surface area contributed by atoms with E-state index in [1.165, 1.54) is 38.5 Å². The molecule has 0 aliphatic heterocycles. The molecule has 14 heavy (non-hydrogen) atoms. The Hall–Kier alpha value is 0.223. The van der Waals surface area contributed by atoms with Crippen molar-refractivity contribution >= 4 is 0 Å². The van der Waals surface area contributed by atoms with E-state index in [4.69, 9.17) is 0 Å². The van der Waals surface area contributed by atoms with Gasteiger partial charge >= 0.3 is 90.2 Å². The van der Waals surface area contributed by atoms with Crippen LogP contribution in [0.25, 0.3) is 0 Å². The summed E-state index contributed by atoms with van der Waals surface area (Å²) in [5.41, 5.74) is 1.72. The molecule has 0 bridgehead atoms. The first kappa shape index (κ1) is 14.2. The van der Waals surface area contributed by atoms with E-state index in [1.54, 1.807) is 33.6 Å². The van der Waals surface area contributed by atoms with Crippen molar-refractivity contribution in [2.75, 3.05) is 0 Å². The molecule has 2 aliphatic carbocycles. The van der Waals surface area contributed by atoms with E-state index in [1.807, 2.05) is 0 Å². The van der Waals surface area contributed by atoms with E-state index in [0.717, 1.165) is 5.92 Å². The summed E-state index contributed by atoms with van der Waals surface area (Å²) in [5, 5.41) is 0. The molecule has 0 aromatic heterocycles. The fraction of sp³-hybridized carbons (Fsp3) is 0.636. The van der Waals surface area contributed by atoms with Gasteiger partial charge in [0.15, 0.2) is 0 Å². The van der Waals surface area contributed by atoms with E-state index < -0.39 is 0 Å². The second-order valence-electron chi connectivity index (χ2n) is 3.88. The average molecular weight is 276 g/mol. The standard InChI is InChI=1S/C11H15.2FH.Zr/c1-2-6-10(7-3-1)11-8-4-5-9-11;;;/h4,8,10H,1-3,5-7H2;2*1H;/q;;;+2/p-2. The first-order chi connectivity index (χ1) is 5.88. The molecule has 0 nitrogen and oxygen atoms in total. The zero-order valence-electron chi connectivity index (χ0n) is 8.23. The minimum absolute atomic E-state index is 0. The Balaban J connectivity index is 0.000000845. The number of rotatable bonds is 1. The summed E-state index contributed by atoms with van der Waals surface area (Å²) >= 11 is 1.64. The maximum atomic E-state index is 2.39. The van der Waals surface area contributed by atoms with Gasteiger partial charge in [-0.3, -0.25) is 0 Å². The Labute approximate surface area is 99.4 Å². The van der Waals surface area contributed by atoms with Crippen LogP contribution in [0.15, 0.2) is 21.0 Å². The van der Waals surface area contributed by atoms with Crippen LogP contribution in [-0.4, -0.2) is 0 Å². The summed E-state index contributed by atoms with van der Waals surface area (Å²) in [4.78, 5) is 0. The molecule has 0 aromatic carbocycles. The van der Waals surface area contributed by atoms with Gasteiger partial charge in [0.05, 0.1) is 0 Å². The summed E-state index contributed by atoms with van der Waals surface area (Å²) < 4.78 is 1.72. The van der Waals surface area contributed by atoms with Gasteiger partial charge in [0.1, 0.15) is 0 Å². The van der Waals surface area contributed by atoms with Crippen molar-refractivity contribution in [3.63, 3.8) is 0 Å². The fourth-order valence-corrected chi connectivity index (χ4v) is 3.31. The van der Waals surface area contributed by atoms with Gasteiger partial charge in [0.2, 0.25) is 0 Å². The summed E-state index contributed by atoms with van der Waals surface area (Å²) in [6, 6.07) is 0. The third kappa shape index (κ3) is 3.12. The molecule has 1 saturated carbocycles. The Kier molecular flexibility index (Phi) is 6.77. The second kappa shape index (κ2) is 6.66. The monoisotopic (exact) mass is 275 g/mol. The summed E-state index contributed by atoms with van der Waals surface area (Å²) in [6.07, 6.45) is 13.3. The minimum atomic E-state index is 0. The van der Waals surface area contributed by atoms with Crippen molar-refractivity contribution < 1.29 is 34.1 Å². The topological polar surface area (TPSA) is 0 Å². The third-order valence-electron chi connectivity index (χ3n) is 3.01. The molecule has 0 radical (unpaired) electrons. The molecule has 0 aromatic rings. The number of halogens is 2. The molecule has 77 valence electrons. The van der Waals surface area contributed by atoms with Crippen LogP contribution in [0.3, 0.4) is 0 Å². The number of allylic oxidation sites excluding steroid dienone is 4. The molecule has 3 heteroatoms. The summed E-state index contributed by atoms with van der Waals surface area (Å²) in [6.45, 7) is 0. The quantitative estimate of drug-likeness (QED) is 0.490. The molecule has 2 rings (SSSR count). The Bertz CT molecular complexity index is 227. The number of hydrogen-bond donors (Lipinski definition) is 0. The van der Waals surface area contributed by atoms with Crippen LogP contribution < -0.4 is 9.41 Å². The first-order valence-corrected chi connectivity index (χ1v) is 6.22. The van der Waals surface area contributed by atoms with Crippen LogP contribution >= 0.6 is 0 Å². The Morgan fingerprint density at radius 2 is 1.71 bits per heavy atom. The van der Waals surface area contributed by atoms with E-state index >= 15 is 0 Å². The molecule has 0 atom stereocenters. The van der Waals surface area contributed by atoms with Crippen LogP contribution in [0.5, 0.6) is 0 Å². The fourth-order valence-electron chi connectivity index (χ4n) is 2.32. The second-order valence-corrected chi connectivity index (χ2v) is 5.36. The van der Waals surface area contributed by atoms with E-state index in [-0.39, 0.29) is 9.41 Å². The predicted octanol–water partition coefficient (Wildman–Crippen LogP) is -2.66. The van der Waals surface area contributed by atoms with Crippen molar-refractivity contribution in [1.82, 2.24) is 0 Å². The molecule has 2 aliphatic rings. The van der Waals surface area contributed by atoms with Crippen LogP contribution in [-0.2, 0) is 24.7 Å². The summed E-state index contributed by atoms with van der Waals surface area (Å²) in [7, 11) is 0. The van der Waals surface area contributed by atoms with Crippen molar-refractivity contribution in [2.45, 2.75) is 38.5 Å². The van der Waals surface area contributed by atoms with E-state index in [9.17, 15) is 0 Å². The van der Waals surface area contributed by atoms with Crippen LogP contribution in [0.1, 0.15) is 38.5 Å². The van der Waals surface area contributed by atoms with Crippen LogP contribution in [0, 0.1) is 5.92 Å². The average Bonchev–Trinajstić information content (AvgIpc) is 2.53.